The van der Waals surface area contributed by atoms with Gasteiger partial charge in [-0.1, -0.05) is 24.4 Å². The molecule has 23 heavy (non-hydrogen) atoms. The molecule has 1 heterocycles. The zero-order chi connectivity index (χ0) is 16.6. The number of nitrogens with one attached hydrogen (secondary N) is 1. The van der Waals surface area contributed by atoms with Crippen LogP contribution in [0.3, 0.4) is 0 Å². The molecule has 3 amide bonds. The van der Waals surface area contributed by atoms with Crippen LogP contribution in [0.2, 0.25) is 5.02 Å². The average Bonchev–Trinajstić information content (AvgIpc) is 3.04. The molecule has 1 aromatic rings. The number of benzene rings is 1. The lowest BCUT2D eigenvalue weighted by Gasteiger charge is -2.19. The van der Waals surface area contributed by atoms with Crippen molar-refractivity contribution in [2.45, 2.75) is 38.1 Å². The molecule has 0 aromatic heterocycles. The lowest BCUT2D eigenvalue weighted by molar-refractivity contribution is -0.141. The van der Waals surface area contributed by atoms with E-state index in [2.05, 4.69) is 5.32 Å². The number of imide groups is 1. The second-order valence-electron chi connectivity index (χ2n) is 5.99. The molecule has 1 aliphatic heterocycles. The number of ether oxygens (including phenoxy) is 1. The van der Waals surface area contributed by atoms with E-state index in [1.54, 1.807) is 25.1 Å². The molecule has 0 bridgehead atoms. The molecule has 7 heteroatoms. The van der Waals surface area contributed by atoms with Crippen LogP contribution in [-0.2, 0) is 9.59 Å². The largest absolute Gasteiger partial charge is 0.425 e. The Morgan fingerprint density at radius 1 is 1.35 bits per heavy atom. The molecule has 1 N–H and O–H groups in total. The summed E-state index contributed by atoms with van der Waals surface area (Å²) in [4.78, 5) is 37.5. The third-order valence-corrected chi connectivity index (χ3v) is 4.59. The SMILES string of the molecule is Cc1cc(Cl)ccc1OC(=O)CN1C(=O)NC2(CCCC2)C1=O. The summed E-state index contributed by atoms with van der Waals surface area (Å²) in [5.41, 5.74) is -0.108. The lowest BCUT2D eigenvalue weighted by Crippen LogP contribution is -2.44. The highest BCUT2D eigenvalue weighted by molar-refractivity contribution is 6.30. The van der Waals surface area contributed by atoms with Gasteiger partial charge >= 0.3 is 12.0 Å². The first-order valence-corrected chi connectivity index (χ1v) is 7.90. The first-order valence-electron chi connectivity index (χ1n) is 7.52. The maximum Gasteiger partial charge on any atom is 0.331 e. The van der Waals surface area contributed by atoms with E-state index in [1.165, 1.54) is 0 Å². The van der Waals surface area contributed by atoms with Crippen molar-refractivity contribution >= 4 is 29.5 Å². The lowest BCUT2D eigenvalue weighted by atomic mass is 9.98. The third-order valence-electron chi connectivity index (χ3n) is 4.35. The van der Waals surface area contributed by atoms with Crippen LogP contribution < -0.4 is 10.1 Å². The minimum absolute atomic E-state index is 0.329. The van der Waals surface area contributed by atoms with E-state index in [0.717, 1.165) is 17.7 Å². The van der Waals surface area contributed by atoms with E-state index in [4.69, 9.17) is 16.3 Å². The summed E-state index contributed by atoms with van der Waals surface area (Å²) >= 11 is 5.85. The molecule has 3 rings (SSSR count). The number of esters is 1. The van der Waals surface area contributed by atoms with Crippen LogP contribution >= 0.6 is 11.6 Å². The van der Waals surface area contributed by atoms with Gasteiger partial charge in [0.25, 0.3) is 5.91 Å². The monoisotopic (exact) mass is 336 g/mol. The summed E-state index contributed by atoms with van der Waals surface area (Å²) < 4.78 is 5.24. The van der Waals surface area contributed by atoms with Gasteiger partial charge in [0, 0.05) is 5.02 Å². The van der Waals surface area contributed by atoms with Gasteiger partial charge < -0.3 is 10.1 Å². The minimum Gasteiger partial charge on any atom is -0.425 e. The Labute approximate surface area is 138 Å². The van der Waals surface area contributed by atoms with Crippen LogP contribution in [0.1, 0.15) is 31.2 Å². The van der Waals surface area contributed by atoms with Crippen molar-refractivity contribution in [3.63, 3.8) is 0 Å². The van der Waals surface area contributed by atoms with E-state index in [1.807, 2.05) is 0 Å². The maximum absolute atomic E-state index is 12.5. The van der Waals surface area contributed by atoms with Crippen LogP contribution in [0.25, 0.3) is 0 Å². The van der Waals surface area contributed by atoms with Crippen molar-refractivity contribution in [3.05, 3.63) is 28.8 Å². The van der Waals surface area contributed by atoms with Gasteiger partial charge in [-0.3, -0.25) is 9.69 Å². The predicted octanol–water partition coefficient (Wildman–Crippen LogP) is 2.42. The first kappa shape index (κ1) is 15.8. The van der Waals surface area contributed by atoms with E-state index in [-0.39, 0.29) is 5.91 Å². The molecule has 1 saturated carbocycles. The first-order chi connectivity index (χ1) is 10.9. The molecule has 0 radical (unpaired) electrons. The molecule has 122 valence electrons. The van der Waals surface area contributed by atoms with E-state index in [0.29, 0.717) is 29.2 Å². The van der Waals surface area contributed by atoms with Crippen molar-refractivity contribution in [2.75, 3.05) is 6.54 Å². The van der Waals surface area contributed by atoms with Crippen molar-refractivity contribution < 1.29 is 19.1 Å². The summed E-state index contributed by atoms with van der Waals surface area (Å²) in [6.07, 6.45) is 3.04. The summed E-state index contributed by atoms with van der Waals surface area (Å²) in [5, 5.41) is 3.27. The van der Waals surface area contributed by atoms with Crippen molar-refractivity contribution in [1.82, 2.24) is 10.2 Å². The summed E-state index contributed by atoms with van der Waals surface area (Å²) in [7, 11) is 0. The number of hydrogen-bond donors (Lipinski definition) is 1. The molecule has 1 spiro atoms. The third kappa shape index (κ3) is 2.91. The van der Waals surface area contributed by atoms with Gasteiger partial charge in [0.05, 0.1) is 0 Å². The summed E-state index contributed by atoms with van der Waals surface area (Å²) in [6, 6.07) is 4.34. The van der Waals surface area contributed by atoms with E-state index in [9.17, 15) is 14.4 Å². The predicted molar refractivity (Wildman–Crippen MR) is 83.3 cm³/mol. The fraction of sp³-hybridized carbons (Fsp3) is 0.438. The Balaban J connectivity index is 1.68. The number of carbonyl (C=O) groups excluding carboxylic acids is 3. The standard InChI is InChI=1S/C16H17ClN2O4/c1-10-8-11(17)4-5-12(10)23-13(20)9-19-14(21)16(18-15(19)22)6-2-3-7-16/h4-5,8H,2-3,6-7,9H2,1H3,(H,18,22). The fourth-order valence-electron chi connectivity index (χ4n) is 3.15. The van der Waals surface area contributed by atoms with Gasteiger partial charge in [0.2, 0.25) is 0 Å². The average molecular weight is 337 g/mol. The van der Waals surface area contributed by atoms with Crippen LogP contribution in [0.4, 0.5) is 4.79 Å². The van der Waals surface area contributed by atoms with E-state index >= 15 is 0 Å². The number of amides is 3. The normalized spacial score (nSPS) is 19.3. The number of nitrogens with zero attached hydrogens (tertiary/aromatic N) is 1. The van der Waals surface area contributed by atoms with Crippen molar-refractivity contribution in [2.24, 2.45) is 0 Å². The highest BCUT2D eigenvalue weighted by atomic mass is 35.5. The number of carbonyl (C=O) groups is 3. The number of rotatable bonds is 3. The van der Waals surface area contributed by atoms with Gasteiger partial charge in [-0.25, -0.2) is 9.59 Å². The summed E-state index contributed by atoms with van der Waals surface area (Å²) in [6.45, 7) is 1.37. The van der Waals surface area contributed by atoms with Gasteiger partial charge in [-0.05, 0) is 43.5 Å². The van der Waals surface area contributed by atoms with E-state index < -0.39 is 24.1 Å². The van der Waals surface area contributed by atoms with Gasteiger partial charge in [-0.2, -0.15) is 0 Å². The Hall–Kier alpha value is -2.08. The highest BCUT2D eigenvalue weighted by Crippen LogP contribution is 2.35. The molecule has 0 unspecified atom stereocenters. The Morgan fingerprint density at radius 2 is 2.04 bits per heavy atom. The van der Waals surface area contributed by atoms with Gasteiger partial charge in [-0.15, -0.1) is 0 Å². The van der Waals surface area contributed by atoms with Crippen molar-refractivity contribution in [3.8, 4) is 5.75 Å². The molecule has 0 atom stereocenters. The topological polar surface area (TPSA) is 75.7 Å². The smallest absolute Gasteiger partial charge is 0.331 e. The van der Waals surface area contributed by atoms with Crippen LogP contribution in [0, 0.1) is 6.92 Å². The molecular formula is C16H17ClN2O4. The van der Waals surface area contributed by atoms with Crippen LogP contribution in [0.5, 0.6) is 5.75 Å². The van der Waals surface area contributed by atoms with Crippen molar-refractivity contribution in [1.29, 1.82) is 0 Å². The summed E-state index contributed by atoms with van der Waals surface area (Å²) in [5.74, 6) is -0.624. The fourth-order valence-corrected chi connectivity index (χ4v) is 3.38. The number of urea groups is 1. The molecule has 1 aliphatic carbocycles. The molecule has 2 fully saturated rings. The second kappa shape index (κ2) is 5.85. The number of halogens is 1. The number of aryl methyl sites for hydroxylation is 1. The molecular weight excluding hydrogens is 320 g/mol. The quantitative estimate of drug-likeness (QED) is 0.522. The van der Waals surface area contributed by atoms with Gasteiger partial charge in [0.15, 0.2) is 0 Å². The Bertz CT molecular complexity index is 683. The van der Waals surface area contributed by atoms with Gasteiger partial charge in [0.1, 0.15) is 17.8 Å². The molecule has 1 aromatic carbocycles. The van der Waals surface area contributed by atoms with Crippen LogP contribution in [0.15, 0.2) is 18.2 Å². The minimum atomic E-state index is -0.812. The zero-order valence-electron chi connectivity index (χ0n) is 12.7. The second-order valence-corrected chi connectivity index (χ2v) is 6.43. The Morgan fingerprint density at radius 3 is 2.70 bits per heavy atom. The molecule has 2 aliphatic rings. The van der Waals surface area contributed by atoms with Crippen LogP contribution in [-0.4, -0.2) is 34.9 Å². The zero-order valence-corrected chi connectivity index (χ0v) is 13.5. The number of hydrogen-bond acceptors (Lipinski definition) is 4. The maximum atomic E-state index is 12.5. The molecule has 1 saturated heterocycles. The molecule has 6 nitrogen and oxygen atoms in total. The Kier molecular flexibility index (Phi) is 4.02. The highest BCUT2D eigenvalue weighted by Gasteiger charge is 2.52.